The Labute approximate surface area is 115 Å². The van der Waals surface area contributed by atoms with E-state index in [1.165, 1.54) is 5.56 Å². The molecular formula is C15H23NO3. The third-order valence-corrected chi connectivity index (χ3v) is 3.69. The van der Waals surface area contributed by atoms with Crippen LogP contribution in [-0.4, -0.2) is 34.4 Å². The number of nitrogens with one attached hydrogen (secondary N) is 1. The number of hydrogen-bond acceptors (Lipinski definition) is 4. The molecule has 19 heavy (non-hydrogen) atoms. The second-order valence-corrected chi connectivity index (χ2v) is 4.87. The van der Waals surface area contributed by atoms with Gasteiger partial charge in [0.25, 0.3) is 0 Å². The quantitative estimate of drug-likeness (QED) is 0.887. The van der Waals surface area contributed by atoms with Gasteiger partial charge in [-0.05, 0) is 44.0 Å². The Balaban J connectivity index is 2.40. The number of hydrogen-bond donors (Lipinski definition) is 1. The van der Waals surface area contributed by atoms with E-state index in [4.69, 9.17) is 14.2 Å². The summed E-state index contributed by atoms with van der Waals surface area (Å²) in [5.74, 6) is 2.36. The fourth-order valence-electron chi connectivity index (χ4n) is 2.75. The Morgan fingerprint density at radius 3 is 2.42 bits per heavy atom. The largest absolute Gasteiger partial charge is 0.497 e. The van der Waals surface area contributed by atoms with E-state index in [-0.39, 0.29) is 0 Å². The van der Waals surface area contributed by atoms with Crippen molar-refractivity contribution < 1.29 is 14.2 Å². The molecule has 1 aliphatic rings. The van der Waals surface area contributed by atoms with Crippen molar-refractivity contribution in [3.05, 3.63) is 23.3 Å². The average molecular weight is 265 g/mol. The highest BCUT2D eigenvalue weighted by molar-refractivity contribution is 5.49. The molecule has 0 unspecified atom stereocenters. The first-order valence-corrected chi connectivity index (χ1v) is 6.74. The van der Waals surface area contributed by atoms with Gasteiger partial charge in [0.05, 0.1) is 20.8 Å². The van der Waals surface area contributed by atoms with Crippen molar-refractivity contribution in [2.24, 2.45) is 0 Å². The van der Waals surface area contributed by atoms with Gasteiger partial charge >= 0.3 is 0 Å². The standard InChI is InChI=1S/C15H23NO3/c1-17-10-12-8-13(18-2)9-14(15(12)19-3)11-4-6-16-7-5-11/h8-9,11,16H,4-7,10H2,1-3H3. The van der Waals surface area contributed by atoms with Crippen molar-refractivity contribution >= 4 is 0 Å². The second-order valence-electron chi connectivity index (χ2n) is 4.87. The average Bonchev–Trinajstić information content (AvgIpc) is 2.47. The molecule has 0 saturated carbocycles. The summed E-state index contributed by atoms with van der Waals surface area (Å²) in [4.78, 5) is 0. The van der Waals surface area contributed by atoms with Crippen molar-refractivity contribution in [3.63, 3.8) is 0 Å². The maximum atomic E-state index is 5.63. The van der Waals surface area contributed by atoms with Gasteiger partial charge in [0.1, 0.15) is 11.5 Å². The van der Waals surface area contributed by atoms with Crippen molar-refractivity contribution in [1.29, 1.82) is 0 Å². The molecule has 0 radical (unpaired) electrons. The minimum absolute atomic E-state index is 0.530. The van der Waals surface area contributed by atoms with Crippen molar-refractivity contribution in [2.75, 3.05) is 34.4 Å². The molecule has 1 aromatic rings. The summed E-state index contributed by atoms with van der Waals surface area (Å²) in [6.07, 6.45) is 2.27. The van der Waals surface area contributed by atoms with Crippen LogP contribution >= 0.6 is 0 Å². The minimum atomic E-state index is 0.530. The van der Waals surface area contributed by atoms with Crippen molar-refractivity contribution in [1.82, 2.24) is 5.32 Å². The molecule has 0 spiro atoms. The first kappa shape index (κ1) is 14.2. The van der Waals surface area contributed by atoms with E-state index in [2.05, 4.69) is 11.4 Å². The van der Waals surface area contributed by atoms with Gasteiger partial charge in [-0.3, -0.25) is 0 Å². The molecule has 0 amide bonds. The Morgan fingerprint density at radius 2 is 1.84 bits per heavy atom. The van der Waals surface area contributed by atoms with E-state index in [0.29, 0.717) is 12.5 Å². The molecule has 1 aromatic carbocycles. The molecule has 4 heteroatoms. The SMILES string of the molecule is COCc1cc(OC)cc(C2CCNCC2)c1OC. The lowest BCUT2D eigenvalue weighted by molar-refractivity contribution is 0.181. The molecule has 1 heterocycles. The zero-order valence-electron chi connectivity index (χ0n) is 12.0. The Kier molecular flexibility index (Phi) is 5.05. The van der Waals surface area contributed by atoms with Crippen molar-refractivity contribution in [3.8, 4) is 11.5 Å². The fourth-order valence-corrected chi connectivity index (χ4v) is 2.75. The van der Waals surface area contributed by atoms with Crippen LogP contribution in [0.4, 0.5) is 0 Å². The van der Waals surface area contributed by atoms with E-state index >= 15 is 0 Å². The maximum absolute atomic E-state index is 5.63. The first-order chi connectivity index (χ1) is 9.30. The number of methoxy groups -OCH3 is 3. The van der Waals surface area contributed by atoms with Gasteiger partial charge in [-0.2, -0.15) is 0 Å². The lowest BCUT2D eigenvalue weighted by atomic mass is 9.88. The Bertz CT molecular complexity index is 414. The molecule has 0 aliphatic carbocycles. The molecule has 1 fully saturated rings. The third-order valence-electron chi connectivity index (χ3n) is 3.69. The minimum Gasteiger partial charge on any atom is -0.497 e. The van der Waals surface area contributed by atoms with Crippen LogP contribution in [0.15, 0.2) is 12.1 Å². The van der Waals surface area contributed by atoms with Crippen LogP contribution in [0.3, 0.4) is 0 Å². The number of ether oxygens (including phenoxy) is 3. The van der Waals surface area contributed by atoms with Crippen molar-refractivity contribution in [2.45, 2.75) is 25.4 Å². The van der Waals surface area contributed by atoms with Crippen LogP contribution in [-0.2, 0) is 11.3 Å². The third kappa shape index (κ3) is 3.19. The van der Waals surface area contributed by atoms with E-state index in [0.717, 1.165) is 43.0 Å². The first-order valence-electron chi connectivity index (χ1n) is 6.74. The Hall–Kier alpha value is -1.26. The second kappa shape index (κ2) is 6.78. The van der Waals surface area contributed by atoms with E-state index < -0.39 is 0 Å². The van der Waals surface area contributed by atoms with Gasteiger partial charge < -0.3 is 19.5 Å². The van der Waals surface area contributed by atoms with Crippen LogP contribution < -0.4 is 14.8 Å². The molecule has 1 saturated heterocycles. The predicted molar refractivity (Wildman–Crippen MR) is 75.1 cm³/mol. The normalized spacial score (nSPS) is 16.4. The van der Waals surface area contributed by atoms with Gasteiger partial charge in [-0.1, -0.05) is 0 Å². The van der Waals surface area contributed by atoms with Gasteiger partial charge in [0, 0.05) is 18.2 Å². The highest BCUT2D eigenvalue weighted by Gasteiger charge is 2.22. The van der Waals surface area contributed by atoms with E-state index in [1.807, 2.05) is 6.07 Å². The highest BCUT2D eigenvalue weighted by atomic mass is 16.5. The summed E-state index contributed by atoms with van der Waals surface area (Å²) in [5.41, 5.74) is 2.30. The van der Waals surface area contributed by atoms with Gasteiger partial charge in [0.2, 0.25) is 0 Å². The topological polar surface area (TPSA) is 39.7 Å². The lowest BCUT2D eigenvalue weighted by Gasteiger charge is -2.26. The Morgan fingerprint density at radius 1 is 1.11 bits per heavy atom. The van der Waals surface area contributed by atoms with Gasteiger partial charge in [-0.25, -0.2) is 0 Å². The summed E-state index contributed by atoms with van der Waals surface area (Å²) in [7, 11) is 5.12. The molecule has 0 atom stereocenters. The lowest BCUT2D eigenvalue weighted by Crippen LogP contribution is -2.27. The van der Waals surface area contributed by atoms with E-state index in [1.54, 1.807) is 21.3 Å². The van der Waals surface area contributed by atoms with Gasteiger partial charge in [0.15, 0.2) is 0 Å². The number of piperidine rings is 1. The number of benzene rings is 1. The summed E-state index contributed by atoms with van der Waals surface area (Å²) < 4.78 is 16.3. The van der Waals surface area contributed by atoms with Crippen LogP contribution in [0.25, 0.3) is 0 Å². The zero-order chi connectivity index (χ0) is 13.7. The summed E-state index contributed by atoms with van der Waals surface area (Å²) in [6.45, 7) is 2.66. The highest BCUT2D eigenvalue weighted by Crippen LogP contribution is 2.38. The molecular weight excluding hydrogens is 242 g/mol. The zero-order valence-corrected chi connectivity index (χ0v) is 12.0. The smallest absolute Gasteiger partial charge is 0.128 e. The summed E-state index contributed by atoms with van der Waals surface area (Å²) >= 11 is 0. The predicted octanol–water partition coefficient (Wildman–Crippen LogP) is 2.32. The summed E-state index contributed by atoms with van der Waals surface area (Å²) in [6, 6.07) is 4.10. The van der Waals surface area contributed by atoms with Gasteiger partial charge in [-0.15, -0.1) is 0 Å². The van der Waals surface area contributed by atoms with E-state index in [9.17, 15) is 0 Å². The number of rotatable bonds is 5. The summed E-state index contributed by atoms with van der Waals surface area (Å²) in [5, 5.41) is 3.39. The molecule has 1 N–H and O–H groups in total. The molecule has 0 bridgehead atoms. The monoisotopic (exact) mass is 265 g/mol. The molecule has 4 nitrogen and oxygen atoms in total. The molecule has 0 aromatic heterocycles. The van der Waals surface area contributed by atoms with Crippen LogP contribution in [0.1, 0.15) is 29.9 Å². The molecule has 2 rings (SSSR count). The molecule has 106 valence electrons. The van der Waals surface area contributed by atoms with Crippen LogP contribution in [0.5, 0.6) is 11.5 Å². The molecule has 1 aliphatic heterocycles. The maximum Gasteiger partial charge on any atom is 0.128 e. The van der Waals surface area contributed by atoms with Crippen LogP contribution in [0, 0.1) is 0 Å². The van der Waals surface area contributed by atoms with Crippen LogP contribution in [0.2, 0.25) is 0 Å². The fraction of sp³-hybridized carbons (Fsp3) is 0.600.